The van der Waals surface area contributed by atoms with Crippen LogP contribution in [0.5, 0.6) is 0 Å². The van der Waals surface area contributed by atoms with E-state index < -0.39 is 0 Å². The molecule has 0 fully saturated rings. The topological polar surface area (TPSA) is 81.8 Å². The molecule has 31 heavy (non-hydrogen) atoms. The molecule has 0 aliphatic carbocycles. The number of hydrogen-bond donors (Lipinski definition) is 1. The zero-order chi connectivity index (χ0) is 21.8. The summed E-state index contributed by atoms with van der Waals surface area (Å²) in [6, 6.07) is 19.4. The Hall–Kier alpha value is -3.74. The van der Waals surface area contributed by atoms with Crippen LogP contribution in [-0.2, 0) is 24.3 Å². The van der Waals surface area contributed by atoms with E-state index in [0.717, 1.165) is 16.9 Å². The Balaban J connectivity index is 1.59. The molecule has 0 unspecified atom stereocenters. The number of nitrogens with one attached hydrogen (secondary N) is 1. The van der Waals surface area contributed by atoms with Gasteiger partial charge < -0.3 is 5.32 Å². The molecular formula is C24H25N5O2. The average Bonchev–Trinajstić information content (AvgIpc) is 3.13. The molecular weight excluding hydrogens is 390 g/mol. The third-order valence-electron chi connectivity index (χ3n) is 5.24. The van der Waals surface area contributed by atoms with Gasteiger partial charge in [-0.25, -0.2) is 9.67 Å². The average molecular weight is 415 g/mol. The Bertz CT molecular complexity index is 1260. The molecule has 1 amide bonds. The molecule has 0 bridgehead atoms. The number of aryl methyl sites for hydroxylation is 3. The second-order valence-electron chi connectivity index (χ2n) is 7.38. The summed E-state index contributed by atoms with van der Waals surface area (Å²) in [6.07, 6.45) is 0.488. The number of para-hydroxylation sites is 1. The van der Waals surface area contributed by atoms with Gasteiger partial charge in [-0.1, -0.05) is 48.5 Å². The molecule has 0 radical (unpaired) electrons. The minimum Gasteiger partial charge on any atom is -0.352 e. The number of benzene rings is 2. The van der Waals surface area contributed by atoms with Gasteiger partial charge in [0.2, 0.25) is 5.91 Å². The van der Waals surface area contributed by atoms with Crippen molar-refractivity contribution in [1.82, 2.24) is 24.6 Å². The van der Waals surface area contributed by atoms with Crippen molar-refractivity contribution < 1.29 is 4.79 Å². The molecule has 0 aliphatic rings. The van der Waals surface area contributed by atoms with Crippen LogP contribution in [-0.4, -0.2) is 25.2 Å². The SMILES string of the molecule is CCn1c(=O)c(CCC(=O)NCc2ccccc2)nc2c(C)nn(-c3ccccc3)c21. The van der Waals surface area contributed by atoms with E-state index in [1.807, 2.05) is 74.5 Å². The van der Waals surface area contributed by atoms with Gasteiger partial charge in [0.05, 0.1) is 11.4 Å². The third kappa shape index (κ3) is 4.26. The number of carbonyl (C=O) groups excluding carboxylic acids is 1. The molecule has 0 saturated carbocycles. The van der Waals surface area contributed by atoms with E-state index in [0.29, 0.717) is 29.9 Å². The summed E-state index contributed by atoms with van der Waals surface area (Å²) in [6.45, 7) is 4.77. The summed E-state index contributed by atoms with van der Waals surface area (Å²) in [5.74, 6) is -0.107. The lowest BCUT2D eigenvalue weighted by Gasteiger charge is -2.11. The van der Waals surface area contributed by atoms with E-state index in [4.69, 9.17) is 0 Å². The number of carbonyl (C=O) groups is 1. The molecule has 1 N–H and O–H groups in total. The summed E-state index contributed by atoms with van der Waals surface area (Å²) in [5, 5.41) is 7.52. The maximum atomic E-state index is 13.1. The van der Waals surface area contributed by atoms with E-state index in [2.05, 4.69) is 15.4 Å². The third-order valence-corrected chi connectivity index (χ3v) is 5.24. The van der Waals surface area contributed by atoms with E-state index in [9.17, 15) is 9.59 Å². The molecule has 0 atom stereocenters. The van der Waals surface area contributed by atoms with Gasteiger partial charge in [0, 0.05) is 25.9 Å². The Morgan fingerprint density at radius 2 is 1.71 bits per heavy atom. The van der Waals surface area contributed by atoms with Crippen LogP contribution < -0.4 is 10.9 Å². The van der Waals surface area contributed by atoms with Crippen molar-refractivity contribution in [1.29, 1.82) is 0 Å². The fraction of sp³-hybridized carbons (Fsp3) is 0.250. The monoisotopic (exact) mass is 415 g/mol. The fourth-order valence-electron chi connectivity index (χ4n) is 3.64. The van der Waals surface area contributed by atoms with Crippen molar-refractivity contribution >= 4 is 17.1 Å². The van der Waals surface area contributed by atoms with Crippen LogP contribution in [0.4, 0.5) is 0 Å². The number of nitrogens with zero attached hydrogens (tertiary/aromatic N) is 4. The maximum Gasteiger partial charge on any atom is 0.273 e. The molecule has 0 spiro atoms. The number of hydrogen-bond acceptors (Lipinski definition) is 4. The Morgan fingerprint density at radius 1 is 1.03 bits per heavy atom. The molecule has 158 valence electrons. The predicted octanol–water partition coefficient (Wildman–Crippen LogP) is 3.16. The normalized spacial score (nSPS) is 11.0. The fourth-order valence-corrected chi connectivity index (χ4v) is 3.64. The highest BCUT2D eigenvalue weighted by molar-refractivity contribution is 5.77. The highest BCUT2D eigenvalue weighted by atomic mass is 16.1. The van der Waals surface area contributed by atoms with Gasteiger partial charge in [0.15, 0.2) is 5.65 Å². The number of aromatic nitrogens is 4. The molecule has 7 heteroatoms. The highest BCUT2D eigenvalue weighted by Gasteiger charge is 2.19. The molecule has 0 aliphatic heterocycles. The zero-order valence-corrected chi connectivity index (χ0v) is 17.7. The van der Waals surface area contributed by atoms with E-state index in [1.54, 1.807) is 9.25 Å². The van der Waals surface area contributed by atoms with Crippen LogP contribution in [0.3, 0.4) is 0 Å². The molecule has 2 aromatic carbocycles. The second kappa shape index (κ2) is 8.95. The van der Waals surface area contributed by atoms with Crippen molar-refractivity contribution in [3.63, 3.8) is 0 Å². The van der Waals surface area contributed by atoms with Crippen molar-refractivity contribution in [2.75, 3.05) is 0 Å². The number of amides is 1. The van der Waals surface area contributed by atoms with Gasteiger partial charge in [-0.05, 0) is 31.5 Å². The Kier molecular flexibility index (Phi) is 5.93. The minimum atomic E-state index is -0.178. The quantitative estimate of drug-likeness (QED) is 0.503. The van der Waals surface area contributed by atoms with Crippen LogP contribution in [0.25, 0.3) is 16.9 Å². The predicted molar refractivity (Wildman–Crippen MR) is 120 cm³/mol. The molecule has 7 nitrogen and oxygen atoms in total. The molecule has 2 aromatic heterocycles. The summed E-state index contributed by atoms with van der Waals surface area (Å²) in [4.78, 5) is 30.1. The maximum absolute atomic E-state index is 13.1. The molecule has 2 heterocycles. The van der Waals surface area contributed by atoms with Crippen LogP contribution in [0, 0.1) is 6.92 Å². The summed E-state index contributed by atoms with van der Waals surface area (Å²) < 4.78 is 3.45. The first-order chi connectivity index (χ1) is 15.1. The first kappa shape index (κ1) is 20.5. The van der Waals surface area contributed by atoms with Crippen LogP contribution in [0.15, 0.2) is 65.5 Å². The van der Waals surface area contributed by atoms with Gasteiger partial charge in [0.1, 0.15) is 11.2 Å². The van der Waals surface area contributed by atoms with Gasteiger partial charge in [0.25, 0.3) is 5.56 Å². The first-order valence-electron chi connectivity index (χ1n) is 10.4. The molecule has 4 rings (SSSR count). The van der Waals surface area contributed by atoms with E-state index in [1.165, 1.54) is 0 Å². The van der Waals surface area contributed by atoms with Gasteiger partial charge in [-0.2, -0.15) is 5.10 Å². The molecule has 4 aromatic rings. The number of fused-ring (bicyclic) bond motifs is 1. The van der Waals surface area contributed by atoms with Gasteiger partial charge in [-0.3, -0.25) is 14.2 Å². The van der Waals surface area contributed by atoms with Crippen molar-refractivity contribution in [3.05, 3.63) is 88.0 Å². The summed E-state index contributed by atoms with van der Waals surface area (Å²) in [5.41, 5.74) is 4.22. The van der Waals surface area contributed by atoms with Crippen LogP contribution >= 0.6 is 0 Å². The van der Waals surface area contributed by atoms with Gasteiger partial charge in [-0.15, -0.1) is 0 Å². The van der Waals surface area contributed by atoms with Crippen molar-refractivity contribution in [2.45, 2.75) is 39.8 Å². The van der Waals surface area contributed by atoms with Crippen molar-refractivity contribution in [3.8, 4) is 5.69 Å². The minimum absolute atomic E-state index is 0.107. The van der Waals surface area contributed by atoms with Crippen LogP contribution in [0.1, 0.15) is 30.3 Å². The summed E-state index contributed by atoms with van der Waals surface area (Å²) in [7, 11) is 0. The highest BCUT2D eigenvalue weighted by Crippen LogP contribution is 2.19. The largest absolute Gasteiger partial charge is 0.352 e. The van der Waals surface area contributed by atoms with E-state index >= 15 is 0 Å². The zero-order valence-electron chi connectivity index (χ0n) is 17.7. The first-order valence-corrected chi connectivity index (χ1v) is 10.4. The lowest BCUT2D eigenvalue weighted by atomic mass is 10.2. The second-order valence-corrected chi connectivity index (χ2v) is 7.38. The summed E-state index contributed by atoms with van der Waals surface area (Å²) >= 11 is 0. The Morgan fingerprint density at radius 3 is 2.39 bits per heavy atom. The van der Waals surface area contributed by atoms with Gasteiger partial charge >= 0.3 is 0 Å². The smallest absolute Gasteiger partial charge is 0.273 e. The lowest BCUT2D eigenvalue weighted by molar-refractivity contribution is -0.121. The standard InChI is InChI=1S/C24H25N5O2/c1-3-28-23-22(17(2)27-29(23)19-12-8-5-9-13-19)26-20(24(28)31)14-15-21(30)25-16-18-10-6-4-7-11-18/h4-13H,3,14-16H2,1-2H3,(H,25,30). The molecule has 0 saturated heterocycles. The lowest BCUT2D eigenvalue weighted by Crippen LogP contribution is -2.28. The Labute approximate surface area is 180 Å². The van der Waals surface area contributed by atoms with Crippen molar-refractivity contribution in [2.24, 2.45) is 0 Å². The van der Waals surface area contributed by atoms with E-state index in [-0.39, 0.29) is 24.3 Å². The number of rotatable bonds is 7. The van der Waals surface area contributed by atoms with Crippen LogP contribution in [0.2, 0.25) is 0 Å².